The molecule has 3 rings (SSSR count). The van der Waals surface area contributed by atoms with Gasteiger partial charge in [0, 0.05) is 31.7 Å². The minimum atomic E-state index is -0.384. The first kappa shape index (κ1) is 19.0. The van der Waals surface area contributed by atoms with E-state index in [0.717, 1.165) is 13.1 Å². The van der Waals surface area contributed by atoms with Crippen LogP contribution in [0.2, 0.25) is 0 Å². The van der Waals surface area contributed by atoms with Crippen LogP contribution in [-0.2, 0) is 16.0 Å². The zero-order chi connectivity index (χ0) is 19.4. The molecule has 1 aromatic carbocycles. The quantitative estimate of drug-likeness (QED) is 0.852. The molecule has 0 atom stereocenters. The van der Waals surface area contributed by atoms with Crippen LogP contribution in [-0.4, -0.2) is 66.4 Å². The lowest BCUT2D eigenvalue weighted by molar-refractivity contribution is -0.134. The number of amides is 2. The second kappa shape index (κ2) is 8.30. The number of aromatic nitrogens is 1. The summed E-state index contributed by atoms with van der Waals surface area (Å²) in [5, 5.41) is 2.64. The van der Waals surface area contributed by atoms with Crippen LogP contribution in [0.4, 0.5) is 4.39 Å². The second-order valence-electron chi connectivity index (χ2n) is 6.67. The van der Waals surface area contributed by atoms with E-state index in [-0.39, 0.29) is 36.5 Å². The van der Waals surface area contributed by atoms with Gasteiger partial charge in [-0.2, -0.15) is 0 Å². The highest BCUT2D eigenvalue weighted by Crippen LogP contribution is 2.22. The number of halogens is 1. The lowest BCUT2D eigenvalue weighted by Crippen LogP contribution is -2.50. The van der Waals surface area contributed by atoms with E-state index in [1.54, 1.807) is 24.0 Å². The average molecular weight is 374 g/mol. The van der Waals surface area contributed by atoms with Crippen molar-refractivity contribution < 1.29 is 18.4 Å². The number of nitrogens with one attached hydrogen (secondary N) is 1. The molecule has 1 saturated heterocycles. The van der Waals surface area contributed by atoms with Crippen molar-refractivity contribution in [1.29, 1.82) is 0 Å². The normalized spacial score (nSPS) is 15.0. The van der Waals surface area contributed by atoms with Crippen LogP contribution in [0.1, 0.15) is 11.5 Å². The first-order valence-corrected chi connectivity index (χ1v) is 8.87. The van der Waals surface area contributed by atoms with Crippen molar-refractivity contribution in [3.63, 3.8) is 0 Å². The summed E-state index contributed by atoms with van der Waals surface area (Å²) in [4.78, 5) is 32.5. The SMILES string of the molecule is Cc1oc(-c2cccc(F)c2)nc1CC(=O)NCC(=O)N1CCN(C)CC1. The molecule has 0 aliphatic carbocycles. The molecular formula is C19H23FN4O3. The van der Waals surface area contributed by atoms with Gasteiger partial charge in [-0.15, -0.1) is 0 Å². The number of benzene rings is 1. The Kier molecular flexibility index (Phi) is 5.85. The summed E-state index contributed by atoms with van der Waals surface area (Å²) in [5.41, 5.74) is 0.980. The summed E-state index contributed by atoms with van der Waals surface area (Å²) in [7, 11) is 2.02. The first-order valence-electron chi connectivity index (χ1n) is 8.87. The highest BCUT2D eigenvalue weighted by molar-refractivity contribution is 5.85. The zero-order valence-corrected chi connectivity index (χ0v) is 15.5. The minimum absolute atomic E-state index is 0.000662. The number of carbonyl (C=O) groups is 2. The van der Waals surface area contributed by atoms with E-state index < -0.39 is 0 Å². The van der Waals surface area contributed by atoms with Crippen LogP contribution >= 0.6 is 0 Å². The van der Waals surface area contributed by atoms with Crippen molar-refractivity contribution in [1.82, 2.24) is 20.1 Å². The summed E-state index contributed by atoms with van der Waals surface area (Å²) in [5.74, 6) is -0.0170. The summed E-state index contributed by atoms with van der Waals surface area (Å²) < 4.78 is 18.9. The molecule has 2 aromatic rings. The Labute approximate surface area is 157 Å². The van der Waals surface area contributed by atoms with Crippen LogP contribution in [0.15, 0.2) is 28.7 Å². The van der Waals surface area contributed by atoms with Crippen molar-refractivity contribution in [2.75, 3.05) is 39.8 Å². The Morgan fingerprint density at radius 1 is 1.26 bits per heavy atom. The Balaban J connectivity index is 1.54. The van der Waals surface area contributed by atoms with Crippen LogP contribution < -0.4 is 5.32 Å². The van der Waals surface area contributed by atoms with Crippen LogP contribution in [0.25, 0.3) is 11.5 Å². The molecule has 0 unspecified atom stereocenters. The number of hydrogen-bond acceptors (Lipinski definition) is 5. The van der Waals surface area contributed by atoms with E-state index >= 15 is 0 Å². The van der Waals surface area contributed by atoms with Gasteiger partial charge >= 0.3 is 0 Å². The lowest BCUT2D eigenvalue weighted by atomic mass is 10.2. The monoisotopic (exact) mass is 374 g/mol. The number of carbonyl (C=O) groups excluding carboxylic acids is 2. The molecule has 0 radical (unpaired) electrons. The number of oxazole rings is 1. The summed E-state index contributed by atoms with van der Waals surface area (Å²) in [6.07, 6.45) is 0.000662. The second-order valence-corrected chi connectivity index (χ2v) is 6.67. The highest BCUT2D eigenvalue weighted by atomic mass is 19.1. The van der Waals surface area contributed by atoms with E-state index in [0.29, 0.717) is 30.1 Å². The number of piperazine rings is 1. The molecule has 8 heteroatoms. The Morgan fingerprint density at radius 2 is 2.00 bits per heavy atom. The maximum absolute atomic E-state index is 13.3. The van der Waals surface area contributed by atoms with E-state index in [1.807, 2.05) is 7.05 Å². The van der Waals surface area contributed by atoms with Gasteiger partial charge in [-0.1, -0.05) is 6.07 Å². The van der Waals surface area contributed by atoms with Crippen molar-refractivity contribution >= 4 is 11.8 Å². The van der Waals surface area contributed by atoms with Crippen LogP contribution in [0.5, 0.6) is 0 Å². The number of likely N-dealkylation sites (N-methyl/N-ethyl adjacent to an activating group) is 1. The number of hydrogen-bond donors (Lipinski definition) is 1. The third kappa shape index (κ3) is 4.91. The van der Waals surface area contributed by atoms with Gasteiger partial charge in [0.1, 0.15) is 11.6 Å². The van der Waals surface area contributed by atoms with E-state index in [1.165, 1.54) is 12.1 Å². The maximum Gasteiger partial charge on any atom is 0.242 e. The van der Waals surface area contributed by atoms with E-state index in [2.05, 4.69) is 15.2 Å². The van der Waals surface area contributed by atoms with Crippen molar-refractivity contribution in [2.45, 2.75) is 13.3 Å². The summed E-state index contributed by atoms with van der Waals surface area (Å²) in [6, 6.07) is 5.92. The van der Waals surface area contributed by atoms with Gasteiger partial charge in [0.2, 0.25) is 17.7 Å². The summed E-state index contributed by atoms with van der Waals surface area (Å²) >= 11 is 0. The molecule has 0 bridgehead atoms. The van der Waals surface area contributed by atoms with Gasteiger partial charge in [-0.05, 0) is 32.2 Å². The fourth-order valence-corrected chi connectivity index (χ4v) is 2.89. The molecule has 1 aliphatic rings. The molecule has 1 N–H and O–H groups in total. The Bertz CT molecular complexity index is 828. The third-order valence-electron chi connectivity index (χ3n) is 4.58. The third-order valence-corrected chi connectivity index (χ3v) is 4.58. The molecule has 0 saturated carbocycles. The molecule has 1 fully saturated rings. The van der Waals surface area contributed by atoms with Gasteiger partial charge in [-0.25, -0.2) is 9.37 Å². The maximum atomic E-state index is 13.3. The molecule has 0 spiro atoms. The zero-order valence-electron chi connectivity index (χ0n) is 15.5. The van der Waals surface area contributed by atoms with Crippen LogP contribution in [0.3, 0.4) is 0 Å². The van der Waals surface area contributed by atoms with Crippen molar-refractivity contribution in [2.24, 2.45) is 0 Å². The molecule has 1 aliphatic heterocycles. The lowest BCUT2D eigenvalue weighted by Gasteiger charge is -2.32. The molecule has 27 heavy (non-hydrogen) atoms. The van der Waals surface area contributed by atoms with Gasteiger partial charge < -0.3 is 19.5 Å². The number of aryl methyl sites for hydroxylation is 1. The Hall–Kier alpha value is -2.74. The average Bonchev–Trinajstić information content (AvgIpc) is 3.01. The van der Waals surface area contributed by atoms with E-state index in [4.69, 9.17) is 4.42 Å². The van der Waals surface area contributed by atoms with E-state index in [9.17, 15) is 14.0 Å². The fraction of sp³-hybridized carbons (Fsp3) is 0.421. The first-order chi connectivity index (χ1) is 12.9. The predicted octanol–water partition coefficient (Wildman–Crippen LogP) is 1.22. The molecular weight excluding hydrogens is 351 g/mol. The highest BCUT2D eigenvalue weighted by Gasteiger charge is 2.20. The topological polar surface area (TPSA) is 78.7 Å². The number of nitrogens with zero attached hydrogens (tertiary/aromatic N) is 3. The Morgan fingerprint density at radius 3 is 2.70 bits per heavy atom. The minimum Gasteiger partial charge on any atom is -0.441 e. The molecule has 2 amide bonds. The molecule has 1 aromatic heterocycles. The molecule has 2 heterocycles. The van der Waals surface area contributed by atoms with Crippen molar-refractivity contribution in [3.8, 4) is 11.5 Å². The van der Waals surface area contributed by atoms with Crippen LogP contribution in [0, 0.1) is 12.7 Å². The molecule has 144 valence electrons. The van der Waals surface area contributed by atoms with Crippen molar-refractivity contribution in [3.05, 3.63) is 41.5 Å². The van der Waals surface area contributed by atoms with Gasteiger partial charge in [0.25, 0.3) is 0 Å². The predicted molar refractivity (Wildman–Crippen MR) is 97.4 cm³/mol. The fourth-order valence-electron chi connectivity index (χ4n) is 2.89. The summed E-state index contributed by atoms with van der Waals surface area (Å²) in [6.45, 7) is 4.68. The number of rotatable bonds is 5. The molecule has 7 nitrogen and oxygen atoms in total. The standard InChI is InChI=1S/C19H23FN4O3/c1-13-16(22-19(27-13)14-4-3-5-15(20)10-14)11-17(25)21-12-18(26)24-8-6-23(2)7-9-24/h3-5,10H,6-9,11-12H2,1-2H3,(H,21,25). The smallest absolute Gasteiger partial charge is 0.242 e. The van der Waals surface area contributed by atoms with Gasteiger partial charge in [0.05, 0.1) is 18.7 Å². The largest absolute Gasteiger partial charge is 0.441 e. The van der Waals surface area contributed by atoms with Gasteiger partial charge in [0.15, 0.2) is 0 Å². The van der Waals surface area contributed by atoms with Gasteiger partial charge in [-0.3, -0.25) is 9.59 Å².